The predicted molar refractivity (Wildman–Crippen MR) is 87.0 cm³/mol. The Morgan fingerprint density at radius 1 is 1.13 bits per heavy atom. The van der Waals surface area contributed by atoms with Gasteiger partial charge in [-0.25, -0.2) is 4.79 Å². The average molecular weight is 322 g/mol. The van der Waals surface area contributed by atoms with Crippen LogP contribution < -0.4 is 15.4 Å². The molecule has 0 heterocycles. The van der Waals surface area contributed by atoms with Crippen LogP contribution in [-0.2, 0) is 9.59 Å². The molecule has 23 heavy (non-hydrogen) atoms. The first-order chi connectivity index (χ1) is 10.9. The third-order valence-corrected chi connectivity index (χ3v) is 3.01. The number of carboxylic acids is 1. The Hall–Kier alpha value is -2.57. The first-order valence-electron chi connectivity index (χ1n) is 7.50. The minimum atomic E-state index is -1.17. The van der Waals surface area contributed by atoms with Crippen LogP contribution in [0.15, 0.2) is 12.1 Å². The Labute approximate surface area is 135 Å². The number of ether oxygens (including phenoxy) is 1. The minimum absolute atomic E-state index is 0.0680. The van der Waals surface area contributed by atoms with E-state index in [0.29, 0.717) is 12.3 Å². The van der Waals surface area contributed by atoms with Gasteiger partial charge in [-0.2, -0.15) is 0 Å². The zero-order chi connectivity index (χ0) is 17.4. The van der Waals surface area contributed by atoms with Crippen molar-refractivity contribution in [2.45, 2.75) is 40.0 Å². The molecule has 0 spiro atoms. The molecule has 7 heteroatoms. The van der Waals surface area contributed by atoms with Crippen molar-refractivity contribution in [1.82, 2.24) is 0 Å². The molecule has 0 radical (unpaired) electrons. The molecule has 1 rings (SSSR count). The van der Waals surface area contributed by atoms with E-state index in [1.165, 1.54) is 19.1 Å². The summed E-state index contributed by atoms with van der Waals surface area (Å²) in [6, 6.07) is 2.72. The summed E-state index contributed by atoms with van der Waals surface area (Å²) in [5, 5.41) is 14.5. The van der Waals surface area contributed by atoms with Gasteiger partial charge in [0.05, 0.1) is 18.0 Å². The molecule has 0 bridgehead atoms. The fraction of sp³-hybridized carbons (Fsp3) is 0.438. The molecule has 1 aromatic rings. The summed E-state index contributed by atoms with van der Waals surface area (Å²) in [6.45, 7) is 5.37. The van der Waals surface area contributed by atoms with Gasteiger partial charge in [0.2, 0.25) is 11.8 Å². The number of hydrogen-bond acceptors (Lipinski definition) is 4. The van der Waals surface area contributed by atoms with Gasteiger partial charge in [0.1, 0.15) is 11.3 Å². The van der Waals surface area contributed by atoms with Gasteiger partial charge >= 0.3 is 5.97 Å². The van der Waals surface area contributed by atoms with Crippen molar-refractivity contribution in [2.24, 2.45) is 0 Å². The van der Waals surface area contributed by atoms with Crippen LogP contribution in [0.25, 0.3) is 0 Å². The summed E-state index contributed by atoms with van der Waals surface area (Å²) in [5.74, 6) is -1.63. The Kier molecular flexibility index (Phi) is 7.05. The van der Waals surface area contributed by atoms with Gasteiger partial charge in [-0.05, 0) is 12.5 Å². The Bertz CT molecular complexity index is 598. The van der Waals surface area contributed by atoms with Gasteiger partial charge < -0.3 is 20.5 Å². The van der Waals surface area contributed by atoms with Gasteiger partial charge in [0.15, 0.2) is 0 Å². The molecule has 0 aromatic heterocycles. The molecule has 126 valence electrons. The molecule has 0 saturated carbocycles. The zero-order valence-corrected chi connectivity index (χ0v) is 13.6. The van der Waals surface area contributed by atoms with Crippen LogP contribution in [0.1, 0.15) is 50.4 Å². The Morgan fingerprint density at radius 3 is 2.30 bits per heavy atom. The van der Waals surface area contributed by atoms with Crippen molar-refractivity contribution >= 4 is 29.2 Å². The van der Waals surface area contributed by atoms with Gasteiger partial charge in [0, 0.05) is 19.4 Å². The number of unbranched alkanes of at least 4 members (excludes halogenated alkanes) is 1. The fourth-order valence-corrected chi connectivity index (χ4v) is 1.83. The van der Waals surface area contributed by atoms with E-state index in [4.69, 9.17) is 4.74 Å². The zero-order valence-electron chi connectivity index (χ0n) is 13.6. The van der Waals surface area contributed by atoms with E-state index in [0.717, 1.165) is 12.8 Å². The maximum absolute atomic E-state index is 11.6. The molecule has 0 saturated heterocycles. The van der Waals surface area contributed by atoms with Crippen LogP contribution >= 0.6 is 0 Å². The molecule has 0 unspecified atom stereocenters. The third-order valence-electron chi connectivity index (χ3n) is 3.01. The number of aromatic carboxylic acids is 1. The fourth-order valence-electron chi connectivity index (χ4n) is 1.83. The highest BCUT2D eigenvalue weighted by atomic mass is 16.5. The number of amides is 2. The summed E-state index contributed by atoms with van der Waals surface area (Å²) in [5.41, 5.74) is 0.463. The molecule has 0 aliphatic heterocycles. The maximum atomic E-state index is 11.6. The lowest BCUT2D eigenvalue weighted by molar-refractivity contribution is -0.116. The first kappa shape index (κ1) is 18.5. The first-order valence-corrected chi connectivity index (χ1v) is 7.50. The van der Waals surface area contributed by atoms with Crippen LogP contribution in [0.4, 0.5) is 11.4 Å². The lowest BCUT2D eigenvalue weighted by Gasteiger charge is -2.16. The second kappa shape index (κ2) is 8.77. The van der Waals surface area contributed by atoms with Crippen LogP contribution in [0.3, 0.4) is 0 Å². The topological polar surface area (TPSA) is 105 Å². The van der Waals surface area contributed by atoms with Gasteiger partial charge in [-0.1, -0.05) is 20.3 Å². The number of carbonyl (C=O) groups is 3. The molecule has 0 aliphatic carbocycles. The smallest absolute Gasteiger partial charge is 0.339 e. The van der Waals surface area contributed by atoms with Crippen molar-refractivity contribution in [2.75, 3.05) is 17.2 Å². The molecule has 0 aliphatic rings. The lowest BCUT2D eigenvalue weighted by atomic mass is 10.1. The molecule has 7 nitrogen and oxygen atoms in total. The standard InChI is InChI=1S/C16H22N2O5/c1-4-6-7-23-14-9-13(17-10(3)19)12(18-15(20)5-2)8-11(14)16(21)22/h8-9H,4-7H2,1-3H3,(H,17,19)(H,18,20)(H,21,22). The molecule has 0 fully saturated rings. The summed E-state index contributed by atoms with van der Waals surface area (Å²) in [6.07, 6.45) is 1.92. The van der Waals surface area contributed by atoms with Gasteiger partial charge in [0.25, 0.3) is 0 Å². The van der Waals surface area contributed by atoms with E-state index in [9.17, 15) is 19.5 Å². The largest absolute Gasteiger partial charge is 0.493 e. The van der Waals surface area contributed by atoms with Gasteiger partial charge in [-0.15, -0.1) is 0 Å². The highest BCUT2D eigenvalue weighted by Crippen LogP contribution is 2.32. The predicted octanol–water partition coefficient (Wildman–Crippen LogP) is 2.87. The monoisotopic (exact) mass is 322 g/mol. The molecule has 1 aromatic carbocycles. The average Bonchev–Trinajstić information content (AvgIpc) is 2.48. The van der Waals surface area contributed by atoms with E-state index >= 15 is 0 Å². The van der Waals surface area contributed by atoms with Crippen LogP contribution in [0.2, 0.25) is 0 Å². The number of carbonyl (C=O) groups excluding carboxylic acids is 2. The van der Waals surface area contributed by atoms with Crippen molar-refractivity contribution in [3.05, 3.63) is 17.7 Å². The second-order valence-corrected chi connectivity index (χ2v) is 4.98. The third kappa shape index (κ3) is 5.61. The lowest BCUT2D eigenvalue weighted by Crippen LogP contribution is -2.15. The minimum Gasteiger partial charge on any atom is -0.493 e. The normalized spacial score (nSPS) is 10.0. The molecular formula is C16H22N2O5. The number of benzene rings is 1. The van der Waals surface area contributed by atoms with E-state index < -0.39 is 5.97 Å². The van der Waals surface area contributed by atoms with Crippen LogP contribution in [0, 0.1) is 0 Å². The van der Waals surface area contributed by atoms with Crippen LogP contribution in [0.5, 0.6) is 5.75 Å². The number of carboxylic acid groups (broad SMARTS) is 1. The summed E-state index contributed by atoms with van der Waals surface area (Å²) in [4.78, 5) is 34.3. The van der Waals surface area contributed by atoms with Crippen LogP contribution in [-0.4, -0.2) is 29.5 Å². The van der Waals surface area contributed by atoms with Crippen molar-refractivity contribution in [3.63, 3.8) is 0 Å². The summed E-state index contributed by atoms with van der Waals surface area (Å²) in [7, 11) is 0. The van der Waals surface area contributed by atoms with E-state index in [1.54, 1.807) is 6.92 Å². The number of rotatable bonds is 8. The van der Waals surface area contributed by atoms with Crippen molar-refractivity contribution in [3.8, 4) is 5.75 Å². The maximum Gasteiger partial charge on any atom is 0.339 e. The number of anilines is 2. The van der Waals surface area contributed by atoms with E-state index in [-0.39, 0.29) is 35.2 Å². The quantitative estimate of drug-likeness (QED) is 0.638. The molecule has 0 atom stereocenters. The molecule has 2 amide bonds. The Morgan fingerprint density at radius 2 is 1.78 bits per heavy atom. The Balaban J connectivity index is 3.26. The summed E-state index contributed by atoms with van der Waals surface area (Å²) < 4.78 is 5.50. The SMILES string of the molecule is CCCCOc1cc(NC(C)=O)c(NC(=O)CC)cc1C(=O)O. The summed E-state index contributed by atoms with van der Waals surface area (Å²) >= 11 is 0. The highest BCUT2D eigenvalue weighted by molar-refractivity contribution is 6.02. The van der Waals surface area contributed by atoms with Crippen molar-refractivity contribution in [1.29, 1.82) is 0 Å². The van der Waals surface area contributed by atoms with E-state index in [2.05, 4.69) is 10.6 Å². The number of hydrogen-bond donors (Lipinski definition) is 3. The van der Waals surface area contributed by atoms with Gasteiger partial charge in [-0.3, -0.25) is 9.59 Å². The highest BCUT2D eigenvalue weighted by Gasteiger charge is 2.18. The molecule has 3 N–H and O–H groups in total. The number of nitrogens with one attached hydrogen (secondary N) is 2. The van der Waals surface area contributed by atoms with E-state index in [1.807, 2.05) is 6.92 Å². The second-order valence-electron chi connectivity index (χ2n) is 4.98. The molecular weight excluding hydrogens is 300 g/mol. The van der Waals surface area contributed by atoms with Crippen molar-refractivity contribution < 1.29 is 24.2 Å².